The minimum atomic E-state index is -4.25. The van der Waals surface area contributed by atoms with Gasteiger partial charge in [-0.05, 0) is 48.7 Å². The Balaban J connectivity index is 1.97. The van der Waals surface area contributed by atoms with Crippen LogP contribution < -0.4 is 10.1 Å². The number of rotatable bonds is 10. The van der Waals surface area contributed by atoms with E-state index in [4.69, 9.17) is 0 Å². The first kappa shape index (κ1) is 26.7. The summed E-state index contributed by atoms with van der Waals surface area (Å²) in [6.07, 6.45) is 0.973. The normalized spacial score (nSPS) is 17.9. The van der Waals surface area contributed by atoms with Crippen molar-refractivity contribution in [1.29, 1.82) is 0 Å². The third-order valence-corrected chi connectivity index (χ3v) is 7.56. The van der Waals surface area contributed by atoms with Crippen LogP contribution >= 0.6 is 11.8 Å². The summed E-state index contributed by atoms with van der Waals surface area (Å²) in [5.41, 5.74) is 1.34. The summed E-state index contributed by atoms with van der Waals surface area (Å²) in [7, 11) is -4.25. The van der Waals surface area contributed by atoms with Crippen molar-refractivity contribution in [3.8, 4) is 5.75 Å². The minimum Gasteiger partial charge on any atom is -0.464 e. The van der Waals surface area contributed by atoms with Gasteiger partial charge in [-0.25, -0.2) is 22.5 Å². The maximum absolute atomic E-state index is 13.5. The van der Waals surface area contributed by atoms with Gasteiger partial charge < -0.3 is 15.2 Å². The standard InChI is InChI=1S/C22H24F3N3O5S2/c1-15-13-26-22(34-15,28(21(29)30)35(2,31)32)27(14-17-3-7-18(23)8-4-17)12-11-16-5-9-19(10-6-16)33-20(24)25/h3-10,13,20,26H,11-12,14H2,1-2H3,(H,29,30). The Morgan fingerprint density at radius 3 is 2.23 bits per heavy atom. The first-order chi connectivity index (χ1) is 16.4. The predicted molar refractivity (Wildman–Crippen MR) is 126 cm³/mol. The molecule has 190 valence electrons. The zero-order valence-corrected chi connectivity index (χ0v) is 20.5. The summed E-state index contributed by atoms with van der Waals surface area (Å²) in [4.78, 5) is 14.4. The zero-order valence-electron chi connectivity index (χ0n) is 18.8. The van der Waals surface area contributed by atoms with E-state index < -0.39 is 33.7 Å². The van der Waals surface area contributed by atoms with Crippen molar-refractivity contribution in [2.75, 3.05) is 12.8 Å². The van der Waals surface area contributed by atoms with E-state index in [0.29, 0.717) is 21.2 Å². The Morgan fingerprint density at radius 1 is 1.14 bits per heavy atom. The molecule has 1 atom stereocenters. The van der Waals surface area contributed by atoms with Crippen LogP contribution in [0.15, 0.2) is 59.6 Å². The molecule has 1 aliphatic heterocycles. The first-order valence-electron chi connectivity index (χ1n) is 10.3. The predicted octanol–water partition coefficient (Wildman–Crippen LogP) is 4.22. The van der Waals surface area contributed by atoms with Crippen LogP contribution in [-0.4, -0.2) is 53.4 Å². The number of ether oxygens (including phenoxy) is 1. The van der Waals surface area contributed by atoms with Crippen LogP contribution in [0.2, 0.25) is 0 Å². The van der Waals surface area contributed by atoms with E-state index in [0.717, 1.165) is 23.6 Å². The van der Waals surface area contributed by atoms with Crippen molar-refractivity contribution in [3.05, 3.63) is 76.6 Å². The molecule has 2 N–H and O–H groups in total. The number of halogens is 3. The number of nitrogens with zero attached hydrogens (tertiary/aromatic N) is 2. The molecule has 8 nitrogen and oxygen atoms in total. The Kier molecular flexibility index (Phi) is 8.23. The number of amides is 1. The molecule has 0 saturated carbocycles. The van der Waals surface area contributed by atoms with Gasteiger partial charge in [-0.15, -0.1) is 0 Å². The molecule has 0 radical (unpaired) electrons. The summed E-state index contributed by atoms with van der Waals surface area (Å²) in [5.74, 6) is -0.458. The minimum absolute atomic E-state index is 0.00893. The fourth-order valence-corrected chi connectivity index (χ4v) is 6.16. The van der Waals surface area contributed by atoms with Gasteiger partial charge in [-0.3, -0.25) is 0 Å². The average Bonchev–Trinajstić information content (AvgIpc) is 3.13. The SMILES string of the molecule is CC1=CNC(N(CCc2ccc(OC(F)F)cc2)Cc2ccc(F)cc2)(N(C(=O)O)S(C)(=O)=O)S1. The van der Waals surface area contributed by atoms with Gasteiger partial charge in [-0.2, -0.15) is 13.1 Å². The van der Waals surface area contributed by atoms with Crippen molar-refractivity contribution in [3.63, 3.8) is 0 Å². The molecular formula is C22H24F3N3O5S2. The lowest BCUT2D eigenvalue weighted by atomic mass is 10.1. The number of nitrogens with one attached hydrogen (secondary N) is 1. The third-order valence-electron chi connectivity index (χ3n) is 5.08. The molecule has 35 heavy (non-hydrogen) atoms. The van der Waals surface area contributed by atoms with E-state index in [1.54, 1.807) is 24.0 Å². The second-order valence-electron chi connectivity index (χ2n) is 7.74. The van der Waals surface area contributed by atoms with Crippen LogP contribution in [0.25, 0.3) is 0 Å². The van der Waals surface area contributed by atoms with Crippen LogP contribution in [0, 0.1) is 5.82 Å². The number of hydrogen-bond donors (Lipinski definition) is 2. The van der Waals surface area contributed by atoms with E-state index in [1.165, 1.54) is 42.6 Å². The Bertz CT molecular complexity index is 1180. The lowest BCUT2D eigenvalue weighted by Gasteiger charge is -2.45. The summed E-state index contributed by atoms with van der Waals surface area (Å²) >= 11 is 1.02. The fourth-order valence-electron chi connectivity index (χ4n) is 3.61. The van der Waals surface area contributed by atoms with Gasteiger partial charge in [0.15, 0.2) is 0 Å². The number of benzene rings is 2. The lowest BCUT2D eigenvalue weighted by molar-refractivity contribution is -0.0498. The number of thioether (sulfide) groups is 1. The molecule has 1 heterocycles. The molecule has 0 fully saturated rings. The van der Waals surface area contributed by atoms with Crippen LogP contribution in [0.3, 0.4) is 0 Å². The fraction of sp³-hybridized carbons (Fsp3) is 0.318. The van der Waals surface area contributed by atoms with Crippen molar-refractivity contribution >= 4 is 27.9 Å². The second-order valence-corrected chi connectivity index (χ2v) is 11.0. The van der Waals surface area contributed by atoms with Gasteiger partial charge in [0.1, 0.15) is 11.6 Å². The van der Waals surface area contributed by atoms with Crippen molar-refractivity contribution in [2.45, 2.75) is 31.6 Å². The molecule has 0 saturated heterocycles. The van der Waals surface area contributed by atoms with Crippen LogP contribution in [0.4, 0.5) is 18.0 Å². The summed E-state index contributed by atoms with van der Waals surface area (Å²) < 4.78 is 68.2. The van der Waals surface area contributed by atoms with Crippen LogP contribution in [0.1, 0.15) is 18.1 Å². The molecule has 2 aromatic rings. The van der Waals surface area contributed by atoms with Crippen molar-refractivity contribution in [1.82, 2.24) is 14.5 Å². The van der Waals surface area contributed by atoms with E-state index >= 15 is 0 Å². The first-order valence-corrected chi connectivity index (χ1v) is 13.0. The third kappa shape index (κ3) is 6.61. The van der Waals surface area contributed by atoms with Gasteiger partial charge in [0.05, 0.1) is 6.26 Å². The molecule has 0 aliphatic carbocycles. The van der Waals surface area contributed by atoms with Gasteiger partial charge in [-0.1, -0.05) is 36.0 Å². The van der Waals surface area contributed by atoms with Crippen LogP contribution in [0.5, 0.6) is 5.75 Å². The van der Waals surface area contributed by atoms with E-state index in [-0.39, 0.29) is 18.8 Å². The highest BCUT2D eigenvalue weighted by Crippen LogP contribution is 2.42. The summed E-state index contributed by atoms with van der Waals surface area (Å²) in [5, 5.41) is 11.1. The number of alkyl halides is 2. The van der Waals surface area contributed by atoms with E-state index in [9.17, 15) is 31.5 Å². The van der Waals surface area contributed by atoms with Crippen molar-refractivity contribution < 1.29 is 36.2 Å². The monoisotopic (exact) mass is 531 g/mol. The Morgan fingerprint density at radius 2 is 1.74 bits per heavy atom. The molecule has 3 rings (SSSR count). The van der Waals surface area contributed by atoms with Gasteiger partial charge in [0, 0.05) is 24.2 Å². The van der Waals surface area contributed by atoms with Crippen molar-refractivity contribution in [2.24, 2.45) is 0 Å². The number of carboxylic acid groups (broad SMARTS) is 1. The molecule has 2 aromatic carbocycles. The molecule has 1 aliphatic rings. The Hall–Kier alpha value is -2.90. The quantitative estimate of drug-likeness (QED) is 0.440. The highest BCUT2D eigenvalue weighted by atomic mass is 32.2. The van der Waals surface area contributed by atoms with Crippen LogP contribution in [-0.2, 0) is 23.0 Å². The Labute approximate surface area is 205 Å². The maximum Gasteiger partial charge on any atom is 0.425 e. The molecule has 1 amide bonds. The van der Waals surface area contributed by atoms with E-state index in [2.05, 4.69) is 10.1 Å². The number of hydrogen-bond acceptors (Lipinski definition) is 7. The number of allylic oxidation sites excluding steroid dienone is 1. The topological polar surface area (TPSA) is 99.2 Å². The smallest absolute Gasteiger partial charge is 0.425 e. The molecule has 0 spiro atoms. The highest BCUT2D eigenvalue weighted by molar-refractivity contribution is 8.05. The summed E-state index contributed by atoms with van der Waals surface area (Å²) in [6, 6.07) is 11.5. The molecule has 0 bridgehead atoms. The molecule has 1 unspecified atom stereocenters. The largest absolute Gasteiger partial charge is 0.464 e. The molecule has 13 heteroatoms. The average molecular weight is 532 g/mol. The zero-order chi connectivity index (χ0) is 25.8. The van der Waals surface area contributed by atoms with Gasteiger partial charge in [0.25, 0.3) is 0 Å². The number of carbonyl (C=O) groups is 1. The second kappa shape index (κ2) is 10.8. The van der Waals surface area contributed by atoms with Gasteiger partial charge in [0.2, 0.25) is 15.1 Å². The summed E-state index contributed by atoms with van der Waals surface area (Å²) in [6.45, 7) is -1.01. The maximum atomic E-state index is 13.5. The molecule has 0 aromatic heterocycles. The van der Waals surface area contributed by atoms with E-state index in [1.807, 2.05) is 0 Å². The number of sulfonamides is 1. The lowest BCUT2D eigenvalue weighted by Crippen LogP contribution is -2.66. The molecular weight excluding hydrogens is 507 g/mol. The highest BCUT2D eigenvalue weighted by Gasteiger charge is 2.52. The van der Waals surface area contributed by atoms with Gasteiger partial charge >= 0.3 is 12.7 Å².